The molecule has 0 saturated heterocycles. The lowest BCUT2D eigenvalue weighted by atomic mass is 10.1. The van der Waals surface area contributed by atoms with Crippen LogP contribution in [0.3, 0.4) is 0 Å². The van der Waals surface area contributed by atoms with Crippen molar-refractivity contribution in [3.63, 3.8) is 0 Å². The van der Waals surface area contributed by atoms with E-state index in [0.29, 0.717) is 17.7 Å². The number of carbonyl (C=O) groups excluding carboxylic acids is 2. The summed E-state index contributed by atoms with van der Waals surface area (Å²) in [5.41, 5.74) is 1.05. The predicted octanol–water partition coefficient (Wildman–Crippen LogP) is 0.857. The highest BCUT2D eigenvalue weighted by atomic mass is 16.3. The van der Waals surface area contributed by atoms with Gasteiger partial charge >= 0.3 is 0 Å². The van der Waals surface area contributed by atoms with E-state index in [1.165, 1.54) is 0 Å². The zero-order valence-electron chi connectivity index (χ0n) is 9.14. The number of amides is 1. The van der Waals surface area contributed by atoms with E-state index in [1.54, 1.807) is 24.3 Å². The molecule has 86 valence electrons. The summed E-state index contributed by atoms with van der Waals surface area (Å²) in [5, 5.41) is 11.5. The minimum atomic E-state index is -0.197. The summed E-state index contributed by atoms with van der Waals surface area (Å²) in [6, 6.07) is 6.39. The number of nitrogens with one attached hydrogen (secondary N) is 1. The number of aldehydes is 1. The van der Waals surface area contributed by atoms with E-state index in [4.69, 9.17) is 5.11 Å². The van der Waals surface area contributed by atoms with Crippen molar-refractivity contribution >= 4 is 12.2 Å². The molecule has 1 aromatic rings. The number of rotatable bonds is 5. The maximum Gasteiger partial charge on any atom is 0.251 e. The molecular weight excluding hydrogens is 206 g/mol. The Morgan fingerprint density at radius 3 is 2.56 bits per heavy atom. The third-order valence-electron chi connectivity index (χ3n) is 2.23. The molecule has 1 aromatic carbocycles. The maximum absolute atomic E-state index is 11.6. The Kier molecular flexibility index (Phi) is 4.66. The zero-order chi connectivity index (χ0) is 12.0. The van der Waals surface area contributed by atoms with E-state index in [9.17, 15) is 9.59 Å². The van der Waals surface area contributed by atoms with Gasteiger partial charge in [0, 0.05) is 24.3 Å². The van der Waals surface area contributed by atoms with Crippen LogP contribution in [0.1, 0.15) is 27.6 Å². The molecule has 1 unspecified atom stereocenters. The number of carbonyl (C=O) groups is 2. The van der Waals surface area contributed by atoms with Crippen LogP contribution in [0.25, 0.3) is 0 Å². The normalized spacial score (nSPS) is 11.9. The lowest BCUT2D eigenvalue weighted by Crippen LogP contribution is -2.29. The quantitative estimate of drug-likeness (QED) is 0.725. The Morgan fingerprint density at radius 2 is 2.06 bits per heavy atom. The number of aliphatic hydroxyl groups is 1. The minimum absolute atomic E-state index is 0.0400. The fraction of sp³-hybridized carbons (Fsp3) is 0.333. The van der Waals surface area contributed by atoms with Crippen LogP contribution >= 0.6 is 0 Å². The van der Waals surface area contributed by atoms with Gasteiger partial charge in [-0.3, -0.25) is 9.59 Å². The van der Waals surface area contributed by atoms with Crippen molar-refractivity contribution in [3.05, 3.63) is 35.4 Å². The molecule has 0 aliphatic rings. The summed E-state index contributed by atoms with van der Waals surface area (Å²) in [7, 11) is 0. The van der Waals surface area contributed by atoms with Crippen LogP contribution in [0.4, 0.5) is 0 Å². The third kappa shape index (κ3) is 3.47. The average molecular weight is 221 g/mol. The molecule has 0 saturated carbocycles. The number of hydrogen-bond acceptors (Lipinski definition) is 3. The molecule has 0 aliphatic heterocycles. The van der Waals surface area contributed by atoms with Crippen LogP contribution in [-0.2, 0) is 0 Å². The largest absolute Gasteiger partial charge is 0.396 e. The van der Waals surface area contributed by atoms with Gasteiger partial charge in [0.2, 0.25) is 0 Å². The van der Waals surface area contributed by atoms with Crippen molar-refractivity contribution in [2.75, 3.05) is 13.2 Å². The molecule has 0 heterocycles. The van der Waals surface area contributed by atoms with Crippen molar-refractivity contribution in [2.24, 2.45) is 5.92 Å². The number of hydrogen-bond donors (Lipinski definition) is 2. The molecule has 0 spiro atoms. The summed E-state index contributed by atoms with van der Waals surface area (Å²) in [4.78, 5) is 22.0. The minimum Gasteiger partial charge on any atom is -0.396 e. The van der Waals surface area contributed by atoms with Crippen molar-refractivity contribution in [1.29, 1.82) is 0 Å². The van der Waals surface area contributed by atoms with E-state index < -0.39 is 0 Å². The highest BCUT2D eigenvalue weighted by molar-refractivity contribution is 5.94. The van der Waals surface area contributed by atoms with E-state index in [-0.39, 0.29) is 18.4 Å². The highest BCUT2D eigenvalue weighted by Gasteiger charge is 2.06. The van der Waals surface area contributed by atoms with Crippen LogP contribution in [0.15, 0.2) is 24.3 Å². The summed E-state index contributed by atoms with van der Waals surface area (Å²) < 4.78 is 0. The van der Waals surface area contributed by atoms with Crippen LogP contribution < -0.4 is 5.32 Å². The summed E-state index contributed by atoms with van der Waals surface area (Å²) in [6.07, 6.45) is 0.732. The molecule has 1 amide bonds. The SMILES string of the molecule is CC(CO)CNC(=O)c1ccc(C=O)cc1. The molecule has 0 aliphatic carbocycles. The second-order valence-corrected chi connectivity index (χ2v) is 3.74. The van der Waals surface area contributed by atoms with Gasteiger partial charge in [-0.15, -0.1) is 0 Å². The Balaban J connectivity index is 2.56. The number of benzene rings is 1. The molecular formula is C12H15NO3. The molecule has 1 rings (SSSR count). The number of aliphatic hydroxyl groups excluding tert-OH is 1. The molecule has 0 aromatic heterocycles. The summed E-state index contributed by atoms with van der Waals surface area (Å²) in [6.45, 7) is 2.32. The first-order valence-corrected chi connectivity index (χ1v) is 5.11. The molecule has 0 bridgehead atoms. The molecule has 16 heavy (non-hydrogen) atoms. The molecule has 1 atom stereocenters. The highest BCUT2D eigenvalue weighted by Crippen LogP contribution is 2.02. The van der Waals surface area contributed by atoms with Crippen LogP contribution in [0.5, 0.6) is 0 Å². The van der Waals surface area contributed by atoms with Gasteiger partial charge in [-0.1, -0.05) is 19.1 Å². The van der Waals surface area contributed by atoms with Crippen LogP contribution in [0.2, 0.25) is 0 Å². The Morgan fingerprint density at radius 1 is 1.44 bits per heavy atom. The lowest BCUT2D eigenvalue weighted by molar-refractivity contribution is 0.0941. The van der Waals surface area contributed by atoms with Crippen molar-refractivity contribution in [3.8, 4) is 0 Å². The van der Waals surface area contributed by atoms with Gasteiger partial charge in [0.1, 0.15) is 6.29 Å². The monoisotopic (exact) mass is 221 g/mol. The van der Waals surface area contributed by atoms with Gasteiger partial charge in [-0.25, -0.2) is 0 Å². The fourth-order valence-electron chi connectivity index (χ4n) is 1.15. The smallest absolute Gasteiger partial charge is 0.251 e. The molecule has 4 heteroatoms. The zero-order valence-corrected chi connectivity index (χ0v) is 9.14. The molecule has 2 N–H and O–H groups in total. The third-order valence-corrected chi connectivity index (χ3v) is 2.23. The van der Waals surface area contributed by atoms with E-state index in [2.05, 4.69) is 5.32 Å². The fourth-order valence-corrected chi connectivity index (χ4v) is 1.15. The second kappa shape index (κ2) is 6.02. The van der Waals surface area contributed by atoms with Gasteiger partial charge in [0.25, 0.3) is 5.91 Å². The standard InChI is InChI=1S/C12H15NO3/c1-9(7-14)6-13-12(16)11-4-2-10(8-15)3-5-11/h2-5,8-9,14H,6-7H2,1H3,(H,13,16). The summed E-state index contributed by atoms with van der Waals surface area (Å²) >= 11 is 0. The topological polar surface area (TPSA) is 66.4 Å². The first-order chi connectivity index (χ1) is 7.67. The summed E-state index contributed by atoms with van der Waals surface area (Å²) in [5.74, 6) is -0.157. The second-order valence-electron chi connectivity index (χ2n) is 3.74. The van der Waals surface area contributed by atoms with Crippen molar-refractivity contribution in [1.82, 2.24) is 5.32 Å². The first-order valence-electron chi connectivity index (χ1n) is 5.11. The van der Waals surface area contributed by atoms with Gasteiger partial charge in [0.15, 0.2) is 0 Å². The van der Waals surface area contributed by atoms with Gasteiger partial charge < -0.3 is 10.4 Å². The predicted molar refractivity (Wildman–Crippen MR) is 60.4 cm³/mol. The first kappa shape index (κ1) is 12.4. The van der Waals surface area contributed by atoms with Crippen LogP contribution in [-0.4, -0.2) is 30.5 Å². The molecule has 0 radical (unpaired) electrons. The average Bonchev–Trinajstić information content (AvgIpc) is 2.35. The van der Waals surface area contributed by atoms with Crippen LogP contribution in [0, 0.1) is 5.92 Å². The maximum atomic E-state index is 11.6. The van der Waals surface area contributed by atoms with E-state index in [0.717, 1.165) is 6.29 Å². The Hall–Kier alpha value is -1.68. The van der Waals surface area contributed by atoms with E-state index >= 15 is 0 Å². The molecule has 4 nitrogen and oxygen atoms in total. The lowest BCUT2D eigenvalue weighted by Gasteiger charge is -2.09. The van der Waals surface area contributed by atoms with Gasteiger partial charge in [-0.05, 0) is 18.1 Å². The molecule has 0 fully saturated rings. The van der Waals surface area contributed by atoms with Crippen molar-refractivity contribution < 1.29 is 14.7 Å². The Bertz CT molecular complexity index is 359. The van der Waals surface area contributed by atoms with E-state index in [1.807, 2.05) is 6.92 Å². The Labute approximate surface area is 94.3 Å². The van der Waals surface area contributed by atoms with Gasteiger partial charge in [-0.2, -0.15) is 0 Å². The van der Waals surface area contributed by atoms with Crippen molar-refractivity contribution in [2.45, 2.75) is 6.92 Å². The van der Waals surface area contributed by atoms with Gasteiger partial charge in [0.05, 0.1) is 0 Å².